The van der Waals surface area contributed by atoms with Crippen LogP contribution in [-0.4, -0.2) is 87.9 Å². The van der Waals surface area contributed by atoms with Crippen molar-refractivity contribution < 1.29 is 4.74 Å². The van der Waals surface area contributed by atoms with Crippen LogP contribution in [0.1, 0.15) is 46.0 Å². The second-order valence-electron chi connectivity index (χ2n) is 7.75. The van der Waals surface area contributed by atoms with Crippen LogP contribution in [0.5, 0.6) is 0 Å². The summed E-state index contributed by atoms with van der Waals surface area (Å²) in [5.41, 5.74) is 0. The van der Waals surface area contributed by atoms with Gasteiger partial charge in [-0.3, -0.25) is 9.89 Å². The Balaban J connectivity index is 0.00000364. The number of ether oxygens (including phenoxy) is 1. The van der Waals surface area contributed by atoms with E-state index >= 15 is 0 Å². The Morgan fingerprint density at radius 1 is 1.04 bits per heavy atom. The van der Waals surface area contributed by atoms with Crippen molar-refractivity contribution in [1.29, 1.82) is 0 Å². The molecule has 27 heavy (non-hydrogen) atoms. The van der Waals surface area contributed by atoms with Crippen molar-refractivity contribution in [3.05, 3.63) is 0 Å². The van der Waals surface area contributed by atoms with Gasteiger partial charge in [-0.2, -0.15) is 0 Å². The maximum atomic E-state index is 5.39. The van der Waals surface area contributed by atoms with Crippen LogP contribution in [0, 0.1) is 5.92 Å². The number of hydrogen-bond donors (Lipinski definition) is 2. The van der Waals surface area contributed by atoms with E-state index in [9.17, 15) is 0 Å². The van der Waals surface area contributed by atoms with E-state index in [1.165, 1.54) is 45.3 Å². The third-order valence-corrected chi connectivity index (χ3v) is 5.29. The smallest absolute Gasteiger partial charge is 0.191 e. The van der Waals surface area contributed by atoms with Crippen LogP contribution in [0.3, 0.4) is 0 Å². The molecule has 1 atom stereocenters. The number of nitrogens with one attached hydrogen (secondary N) is 2. The summed E-state index contributed by atoms with van der Waals surface area (Å²) < 4.78 is 5.39. The zero-order valence-corrected chi connectivity index (χ0v) is 19.9. The van der Waals surface area contributed by atoms with Gasteiger partial charge in [-0.1, -0.05) is 6.92 Å². The van der Waals surface area contributed by atoms with Crippen LogP contribution in [0.4, 0.5) is 0 Å². The average molecular weight is 495 g/mol. The number of piperidine rings is 1. The summed E-state index contributed by atoms with van der Waals surface area (Å²) in [5.74, 6) is 1.85. The van der Waals surface area contributed by atoms with E-state index in [1.807, 2.05) is 0 Å². The topological polar surface area (TPSA) is 52.1 Å². The lowest BCUT2D eigenvalue weighted by molar-refractivity contribution is 0.0377. The minimum absolute atomic E-state index is 0. The van der Waals surface area contributed by atoms with Crippen molar-refractivity contribution in [2.75, 3.05) is 72.1 Å². The van der Waals surface area contributed by atoms with Crippen LogP contribution in [-0.2, 0) is 4.74 Å². The molecule has 160 valence electrons. The average Bonchev–Trinajstić information content (AvgIpc) is 2.66. The highest BCUT2D eigenvalue weighted by molar-refractivity contribution is 14.0. The molecule has 2 heterocycles. The molecule has 2 saturated heterocycles. The first-order valence-electron chi connectivity index (χ1n) is 10.8. The fraction of sp³-hybridized carbons (Fsp3) is 0.950. The van der Waals surface area contributed by atoms with Gasteiger partial charge in [-0.15, -0.1) is 24.0 Å². The van der Waals surface area contributed by atoms with Gasteiger partial charge in [0.15, 0.2) is 5.96 Å². The molecule has 0 amide bonds. The molecule has 6 nitrogen and oxygen atoms in total. The number of likely N-dealkylation sites (tertiary alicyclic amines) is 1. The molecule has 0 aromatic heterocycles. The van der Waals surface area contributed by atoms with Crippen LogP contribution in [0.25, 0.3) is 0 Å². The lowest BCUT2D eigenvalue weighted by Gasteiger charge is -2.30. The number of morpholine rings is 1. The standard InChI is InChI=1S/C20H41N5O.HI/c1-3-21-20(23-10-7-13-24-14-16-26-17-15-24)22-9-4-5-11-25-12-6-8-19(2)18-25;/h19H,3-18H2,1-2H3,(H2,21,22,23);1H. The quantitative estimate of drug-likeness (QED) is 0.211. The molecular weight excluding hydrogens is 453 g/mol. The molecule has 0 saturated carbocycles. The molecule has 2 aliphatic rings. The van der Waals surface area contributed by atoms with Gasteiger partial charge in [0.2, 0.25) is 0 Å². The minimum Gasteiger partial charge on any atom is -0.379 e. The van der Waals surface area contributed by atoms with Crippen molar-refractivity contribution in [2.24, 2.45) is 10.9 Å². The number of rotatable bonds is 10. The van der Waals surface area contributed by atoms with Crippen molar-refractivity contribution in [1.82, 2.24) is 20.4 Å². The second kappa shape index (κ2) is 15.8. The summed E-state index contributed by atoms with van der Waals surface area (Å²) in [5, 5.41) is 6.85. The molecule has 2 rings (SSSR count). The SMILES string of the molecule is CCNC(=NCCCN1CCOCC1)NCCCCN1CCCC(C)C1.I. The first-order chi connectivity index (χ1) is 12.8. The minimum atomic E-state index is 0. The highest BCUT2D eigenvalue weighted by Gasteiger charge is 2.15. The Morgan fingerprint density at radius 3 is 2.56 bits per heavy atom. The van der Waals surface area contributed by atoms with Gasteiger partial charge in [0.1, 0.15) is 0 Å². The molecule has 1 unspecified atom stereocenters. The van der Waals surface area contributed by atoms with E-state index < -0.39 is 0 Å². The zero-order valence-electron chi connectivity index (χ0n) is 17.5. The van der Waals surface area contributed by atoms with E-state index in [0.717, 1.165) is 70.8 Å². The van der Waals surface area contributed by atoms with Crippen molar-refractivity contribution >= 4 is 29.9 Å². The number of aliphatic imine (C=N–C) groups is 1. The third kappa shape index (κ3) is 11.5. The van der Waals surface area contributed by atoms with Gasteiger partial charge in [-0.05, 0) is 58.0 Å². The van der Waals surface area contributed by atoms with Crippen LogP contribution >= 0.6 is 24.0 Å². The van der Waals surface area contributed by atoms with Gasteiger partial charge in [0.25, 0.3) is 0 Å². The van der Waals surface area contributed by atoms with E-state index in [2.05, 4.69) is 34.3 Å². The Kier molecular flexibility index (Phi) is 14.5. The molecular formula is C20H42IN5O. The summed E-state index contributed by atoms with van der Waals surface area (Å²) in [6, 6.07) is 0. The first-order valence-corrected chi connectivity index (χ1v) is 10.8. The lowest BCUT2D eigenvalue weighted by atomic mass is 10.0. The molecule has 7 heteroatoms. The van der Waals surface area contributed by atoms with Crippen molar-refractivity contribution in [3.63, 3.8) is 0 Å². The third-order valence-electron chi connectivity index (χ3n) is 5.29. The Hall–Kier alpha value is -0.120. The Bertz CT molecular complexity index is 391. The molecule has 0 aromatic rings. The predicted molar refractivity (Wildman–Crippen MR) is 125 cm³/mol. The van der Waals surface area contributed by atoms with Gasteiger partial charge in [0, 0.05) is 45.8 Å². The number of unbranched alkanes of at least 4 members (excludes halogenated alkanes) is 1. The number of nitrogens with zero attached hydrogens (tertiary/aromatic N) is 3. The largest absolute Gasteiger partial charge is 0.379 e. The molecule has 2 aliphatic heterocycles. The van der Waals surface area contributed by atoms with Crippen LogP contribution in [0.15, 0.2) is 4.99 Å². The van der Waals surface area contributed by atoms with Crippen molar-refractivity contribution in [2.45, 2.75) is 46.0 Å². The number of guanidine groups is 1. The molecule has 0 bridgehead atoms. The normalized spacial score (nSPS) is 22.3. The summed E-state index contributed by atoms with van der Waals surface area (Å²) >= 11 is 0. The summed E-state index contributed by atoms with van der Waals surface area (Å²) in [6.45, 7) is 16.2. The van der Waals surface area contributed by atoms with Crippen LogP contribution < -0.4 is 10.6 Å². The van der Waals surface area contributed by atoms with E-state index in [1.54, 1.807) is 0 Å². The van der Waals surface area contributed by atoms with E-state index in [0.29, 0.717) is 0 Å². The maximum absolute atomic E-state index is 5.39. The fourth-order valence-electron chi connectivity index (χ4n) is 3.81. The molecule has 0 aromatic carbocycles. The highest BCUT2D eigenvalue weighted by Crippen LogP contribution is 2.15. The molecule has 0 spiro atoms. The van der Waals surface area contributed by atoms with Crippen LogP contribution in [0.2, 0.25) is 0 Å². The summed E-state index contributed by atoms with van der Waals surface area (Å²) in [4.78, 5) is 9.83. The second-order valence-corrected chi connectivity index (χ2v) is 7.75. The number of hydrogen-bond acceptors (Lipinski definition) is 4. The lowest BCUT2D eigenvalue weighted by Crippen LogP contribution is -2.39. The molecule has 0 radical (unpaired) electrons. The summed E-state index contributed by atoms with van der Waals surface area (Å²) in [6.07, 6.45) is 6.39. The number of halogens is 1. The Labute approximate surface area is 183 Å². The monoisotopic (exact) mass is 495 g/mol. The Morgan fingerprint density at radius 2 is 1.81 bits per heavy atom. The molecule has 0 aliphatic carbocycles. The van der Waals surface area contributed by atoms with E-state index in [-0.39, 0.29) is 24.0 Å². The van der Waals surface area contributed by atoms with Gasteiger partial charge in [0.05, 0.1) is 13.2 Å². The van der Waals surface area contributed by atoms with Gasteiger partial charge in [-0.25, -0.2) is 0 Å². The fourth-order valence-corrected chi connectivity index (χ4v) is 3.81. The first kappa shape index (κ1) is 24.9. The van der Waals surface area contributed by atoms with Gasteiger partial charge >= 0.3 is 0 Å². The van der Waals surface area contributed by atoms with E-state index in [4.69, 9.17) is 9.73 Å². The highest BCUT2D eigenvalue weighted by atomic mass is 127. The molecule has 2 N–H and O–H groups in total. The zero-order chi connectivity index (χ0) is 18.5. The van der Waals surface area contributed by atoms with Gasteiger partial charge < -0.3 is 20.3 Å². The maximum Gasteiger partial charge on any atom is 0.191 e. The molecule has 2 fully saturated rings. The summed E-state index contributed by atoms with van der Waals surface area (Å²) in [7, 11) is 0. The predicted octanol–water partition coefficient (Wildman–Crippen LogP) is 2.39. The van der Waals surface area contributed by atoms with Crippen molar-refractivity contribution in [3.8, 4) is 0 Å².